The highest BCUT2D eigenvalue weighted by Crippen LogP contribution is 2.40. The summed E-state index contributed by atoms with van der Waals surface area (Å²) >= 11 is 0. The number of aliphatic hydroxyl groups excluding tert-OH is 1. The van der Waals surface area contributed by atoms with Gasteiger partial charge in [0.05, 0.1) is 25.3 Å². The standard InChI is InChI=1S/C15H22N2O5/c1-4-21-14(19)16-11-6-7-12(13(11)10(3)8-9-18)17(16)15(20)22-5-2/h6-7,11-12,18H,4-5,8-9H2,1-3H3/t11-,12+. The average molecular weight is 310 g/mol. The minimum Gasteiger partial charge on any atom is -0.448 e. The molecule has 0 aromatic heterocycles. The number of amides is 2. The Labute approximate surface area is 129 Å². The zero-order valence-corrected chi connectivity index (χ0v) is 13.1. The van der Waals surface area contributed by atoms with Gasteiger partial charge >= 0.3 is 12.2 Å². The molecule has 2 rings (SSSR count). The summed E-state index contributed by atoms with van der Waals surface area (Å²) in [5.74, 6) is 0. The minimum absolute atomic E-state index is 0.0214. The normalized spacial score (nSPS) is 24.7. The summed E-state index contributed by atoms with van der Waals surface area (Å²) in [6.07, 6.45) is 3.07. The van der Waals surface area contributed by atoms with Gasteiger partial charge in [-0.25, -0.2) is 19.6 Å². The molecule has 7 nitrogen and oxygen atoms in total. The van der Waals surface area contributed by atoms with Crippen LogP contribution in [-0.2, 0) is 9.47 Å². The van der Waals surface area contributed by atoms with Gasteiger partial charge in [-0.2, -0.15) is 0 Å². The summed E-state index contributed by atoms with van der Waals surface area (Å²) in [4.78, 5) is 24.5. The van der Waals surface area contributed by atoms with Gasteiger partial charge in [0.15, 0.2) is 0 Å². The fourth-order valence-electron chi connectivity index (χ4n) is 2.89. The lowest BCUT2D eigenvalue weighted by Crippen LogP contribution is -2.52. The van der Waals surface area contributed by atoms with Crippen LogP contribution in [0.2, 0.25) is 0 Å². The molecule has 0 radical (unpaired) electrons. The molecule has 1 heterocycles. The first-order valence-electron chi connectivity index (χ1n) is 7.47. The Morgan fingerprint density at radius 2 is 1.55 bits per heavy atom. The van der Waals surface area contributed by atoms with Gasteiger partial charge in [0.1, 0.15) is 0 Å². The van der Waals surface area contributed by atoms with E-state index in [4.69, 9.17) is 14.6 Å². The van der Waals surface area contributed by atoms with Crippen molar-refractivity contribution in [3.63, 3.8) is 0 Å². The number of rotatable bonds is 4. The predicted octanol–water partition coefficient (Wildman–Crippen LogP) is 1.84. The maximum Gasteiger partial charge on any atom is 0.429 e. The number of hydrogen-bond acceptors (Lipinski definition) is 5. The van der Waals surface area contributed by atoms with Crippen LogP contribution >= 0.6 is 0 Å². The zero-order valence-electron chi connectivity index (χ0n) is 13.1. The number of ether oxygens (including phenoxy) is 2. The van der Waals surface area contributed by atoms with Crippen molar-refractivity contribution in [2.45, 2.75) is 39.3 Å². The molecule has 1 aliphatic carbocycles. The summed E-state index contributed by atoms with van der Waals surface area (Å²) in [6, 6.07) is -0.722. The third-order valence-electron chi connectivity index (χ3n) is 3.76. The quantitative estimate of drug-likeness (QED) is 0.802. The fraction of sp³-hybridized carbons (Fsp3) is 0.600. The van der Waals surface area contributed by atoms with Gasteiger partial charge in [0.25, 0.3) is 0 Å². The van der Waals surface area contributed by atoms with Gasteiger partial charge in [-0.05, 0) is 32.8 Å². The van der Waals surface area contributed by atoms with Crippen molar-refractivity contribution in [1.82, 2.24) is 10.0 Å². The van der Waals surface area contributed by atoms with Crippen LogP contribution in [0, 0.1) is 0 Å². The number of aliphatic hydroxyl groups is 1. The monoisotopic (exact) mass is 310 g/mol. The SMILES string of the molecule is CCOC(=O)N1[C@@H]2C=C[C@@H](C2=C(C)CCO)N1C(=O)OCC. The third-order valence-corrected chi connectivity index (χ3v) is 3.76. The van der Waals surface area contributed by atoms with Gasteiger partial charge in [0, 0.05) is 6.61 Å². The van der Waals surface area contributed by atoms with Crippen molar-refractivity contribution in [2.75, 3.05) is 19.8 Å². The van der Waals surface area contributed by atoms with Gasteiger partial charge < -0.3 is 14.6 Å². The molecule has 2 amide bonds. The second-order valence-electron chi connectivity index (χ2n) is 5.07. The van der Waals surface area contributed by atoms with Gasteiger partial charge in [-0.3, -0.25) is 0 Å². The van der Waals surface area contributed by atoms with Crippen molar-refractivity contribution in [3.8, 4) is 0 Å². The highest BCUT2D eigenvalue weighted by molar-refractivity contribution is 5.79. The maximum absolute atomic E-state index is 12.2. The van der Waals surface area contributed by atoms with Gasteiger partial charge in [0.2, 0.25) is 0 Å². The first-order chi connectivity index (χ1) is 10.6. The Morgan fingerprint density at radius 1 is 1.09 bits per heavy atom. The fourth-order valence-corrected chi connectivity index (χ4v) is 2.89. The Hall–Kier alpha value is -2.02. The first-order valence-corrected chi connectivity index (χ1v) is 7.47. The number of nitrogens with zero attached hydrogens (tertiary/aromatic N) is 2. The number of fused-ring (bicyclic) bond motifs is 2. The molecule has 1 aliphatic heterocycles. The molecule has 0 unspecified atom stereocenters. The smallest absolute Gasteiger partial charge is 0.429 e. The second kappa shape index (κ2) is 6.83. The van der Waals surface area contributed by atoms with Crippen LogP contribution in [0.4, 0.5) is 9.59 Å². The van der Waals surface area contributed by atoms with Crippen LogP contribution in [-0.4, -0.2) is 59.2 Å². The molecule has 122 valence electrons. The highest BCUT2D eigenvalue weighted by atomic mass is 16.6. The second-order valence-corrected chi connectivity index (χ2v) is 5.07. The number of carbonyl (C=O) groups excluding carboxylic acids is 2. The summed E-state index contributed by atoms with van der Waals surface area (Å²) in [7, 11) is 0. The summed E-state index contributed by atoms with van der Waals surface area (Å²) in [6.45, 7) is 5.79. The molecule has 1 N–H and O–H groups in total. The van der Waals surface area contributed by atoms with Crippen molar-refractivity contribution in [3.05, 3.63) is 23.3 Å². The first kappa shape index (κ1) is 16.4. The molecule has 0 spiro atoms. The molecular weight excluding hydrogens is 288 g/mol. The van der Waals surface area contributed by atoms with E-state index < -0.39 is 12.2 Å². The molecular formula is C15H22N2O5. The van der Waals surface area contributed by atoms with E-state index in [2.05, 4.69) is 0 Å². The summed E-state index contributed by atoms with van der Waals surface area (Å²) < 4.78 is 10.1. The zero-order chi connectivity index (χ0) is 16.3. The topological polar surface area (TPSA) is 79.3 Å². The molecule has 1 fully saturated rings. The van der Waals surface area contributed by atoms with E-state index in [1.165, 1.54) is 10.0 Å². The lowest BCUT2D eigenvalue weighted by Gasteiger charge is -2.32. The van der Waals surface area contributed by atoms with E-state index >= 15 is 0 Å². The average Bonchev–Trinajstić information content (AvgIpc) is 3.03. The molecule has 0 aromatic carbocycles. The Kier molecular flexibility index (Phi) is 5.07. The molecule has 2 atom stereocenters. The number of hydrazine groups is 1. The largest absolute Gasteiger partial charge is 0.448 e. The summed E-state index contributed by atoms with van der Waals surface area (Å²) in [5.41, 5.74) is 1.89. The Balaban J connectivity index is 2.38. The molecule has 0 saturated carbocycles. The van der Waals surface area contributed by atoms with E-state index in [-0.39, 0.29) is 31.9 Å². The van der Waals surface area contributed by atoms with Crippen LogP contribution in [0.5, 0.6) is 0 Å². The molecule has 2 bridgehead atoms. The molecule has 7 heteroatoms. The van der Waals surface area contributed by atoms with Crippen molar-refractivity contribution in [2.24, 2.45) is 0 Å². The van der Waals surface area contributed by atoms with Crippen molar-refractivity contribution < 1.29 is 24.2 Å². The van der Waals surface area contributed by atoms with Crippen LogP contribution in [0.25, 0.3) is 0 Å². The lowest BCUT2D eigenvalue weighted by molar-refractivity contribution is -0.0130. The van der Waals surface area contributed by atoms with Crippen LogP contribution in [0.1, 0.15) is 27.2 Å². The lowest BCUT2D eigenvalue weighted by atomic mass is 10.0. The van der Waals surface area contributed by atoms with Crippen molar-refractivity contribution >= 4 is 12.2 Å². The Morgan fingerprint density at radius 3 is 1.91 bits per heavy atom. The van der Waals surface area contributed by atoms with Crippen LogP contribution < -0.4 is 0 Å². The van der Waals surface area contributed by atoms with E-state index in [1.54, 1.807) is 13.8 Å². The van der Waals surface area contributed by atoms with E-state index in [0.29, 0.717) is 6.42 Å². The number of hydrogen-bond donors (Lipinski definition) is 1. The highest BCUT2D eigenvalue weighted by Gasteiger charge is 2.51. The molecule has 22 heavy (non-hydrogen) atoms. The molecule has 2 aliphatic rings. The van der Waals surface area contributed by atoms with Gasteiger partial charge in [-0.15, -0.1) is 0 Å². The minimum atomic E-state index is -0.582. The maximum atomic E-state index is 12.2. The van der Waals surface area contributed by atoms with E-state index in [9.17, 15) is 9.59 Å². The van der Waals surface area contributed by atoms with E-state index in [0.717, 1.165) is 11.1 Å². The Bertz CT molecular complexity index is 478. The number of carbonyl (C=O) groups is 2. The van der Waals surface area contributed by atoms with Crippen molar-refractivity contribution in [1.29, 1.82) is 0 Å². The summed E-state index contributed by atoms with van der Waals surface area (Å²) in [5, 5.41) is 11.7. The van der Waals surface area contributed by atoms with Crippen LogP contribution in [0.3, 0.4) is 0 Å². The predicted molar refractivity (Wildman–Crippen MR) is 78.8 cm³/mol. The van der Waals surface area contributed by atoms with E-state index in [1.807, 2.05) is 19.1 Å². The third kappa shape index (κ3) is 2.68. The molecule has 0 aromatic rings. The van der Waals surface area contributed by atoms with Gasteiger partial charge in [-0.1, -0.05) is 17.7 Å². The van der Waals surface area contributed by atoms with Crippen LogP contribution in [0.15, 0.2) is 23.3 Å². The molecule has 1 saturated heterocycles.